The van der Waals surface area contributed by atoms with Crippen molar-refractivity contribution in [3.05, 3.63) is 39.2 Å². The zero-order valence-corrected chi connectivity index (χ0v) is 12.6. The van der Waals surface area contributed by atoms with Crippen molar-refractivity contribution in [1.82, 2.24) is 20.2 Å². The third-order valence-electron chi connectivity index (χ3n) is 3.23. The van der Waals surface area contributed by atoms with E-state index in [1.165, 1.54) is 0 Å². The van der Waals surface area contributed by atoms with Crippen LogP contribution in [0.5, 0.6) is 0 Å². The monoisotopic (exact) mass is 289 g/mol. The lowest BCUT2D eigenvalue weighted by atomic mass is 10.1. The van der Waals surface area contributed by atoms with E-state index < -0.39 is 11.5 Å². The number of carbonyl (C=O) groups excluding carboxylic acids is 1. The molecule has 0 aromatic carbocycles. The minimum atomic E-state index is -0.490. The Labute approximate surface area is 122 Å². The lowest BCUT2D eigenvalue weighted by Gasteiger charge is -2.09. The molecule has 0 bridgehead atoms. The van der Waals surface area contributed by atoms with Crippen LogP contribution in [0.2, 0.25) is 0 Å². The average molecular weight is 289 g/mol. The lowest BCUT2D eigenvalue weighted by molar-refractivity contribution is 0.102. The first kappa shape index (κ1) is 15.0. The third kappa shape index (κ3) is 3.01. The first-order valence-electron chi connectivity index (χ1n) is 6.88. The summed E-state index contributed by atoms with van der Waals surface area (Å²) in [5.74, 6) is 0.683. The van der Waals surface area contributed by atoms with Crippen molar-refractivity contribution in [1.29, 1.82) is 0 Å². The standard InChI is InChI=1S/C14H19N5O2/c1-5-9-6-15-19-12(9)18-14(21)10-8(4)16-11(7(2)3)17-13(10)20/h6-7H,5H2,1-4H3,(H,16,17,20)(H2,15,18,19,21). The molecule has 1 amide bonds. The Balaban J connectivity index is 2.34. The zero-order valence-electron chi connectivity index (χ0n) is 12.6. The molecule has 2 heterocycles. The summed E-state index contributed by atoms with van der Waals surface area (Å²) in [6.07, 6.45) is 2.37. The molecule has 0 radical (unpaired) electrons. The number of nitrogens with zero attached hydrogens (tertiary/aromatic N) is 2. The normalized spacial score (nSPS) is 10.9. The summed E-state index contributed by atoms with van der Waals surface area (Å²) in [5, 5.41) is 9.26. The van der Waals surface area contributed by atoms with Crippen LogP contribution in [0, 0.1) is 6.92 Å². The zero-order chi connectivity index (χ0) is 15.6. The van der Waals surface area contributed by atoms with Crippen LogP contribution in [0.4, 0.5) is 5.82 Å². The molecule has 2 rings (SSSR count). The number of hydrogen-bond donors (Lipinski definition) is 3. The highest BCUT2D eigenvalue weighted by molar-refractivity contribution is 6.04. The number of aromatic amines is 2. The number of H-pyrrole nitrogens is 2. The Morgan fingerprint density at radius 1 is 1.43 bits per heavy atom. The van der Waals surface area contributed by atoms with Crippen molar-refractivity contribution in [2.75, 3.05) is 5.32 Å². The van der Waals surface area contributed by atoms with Crippen LogP contribution in [-0.4, -0.2) is 26.1 Å². The summed E-state index contributed by atoms with van der Waals surface area (Å²) in [7, 11) is 0. The predicted octanol–water partition coefficient (Wildman–Crippen LogP) is 1.74. The van der Waals surface area contributed by atoms with E-state index >= 15 is 0 Å². The van der Waals surface area contributed by atoms with Crippen molar-refractivity contribution in [3.63, 3.8) is 0 Å². The van der Waals surface area contributed by atoms with Crippen LogP contribution < -0.4 is 10.9 Å². The molecule has 3 N–H and O–H groups in total. The van der Waals surface area contributed by atoms with Gasteiger partial charge in [0.15, 0.2) is 0 Å². The van der Waals surface area contributed by atoms with Gasteiger partial charge >= 0.3 is 0 Å². The highest BCUT2D eigenvalue weighted by atomic mass is 16.2. The summed E-state index contributed by atoms with van der Waals surface area (Å²) < 4.78 is 0. The van der Waals surface area contributed by atoms with E-state index in [9.17, 15) is 9.59 Å². The first-order valence-corrected chi connectivity index (χ1v) is 6.88. The fraction of sp³-hybridized carbons (Fsp3) is 0.429. The molecule has 0 saturated carbocycles. The second-order valence-electron chi connectivity index (χ2n) is 5.14. The molecule has 0 saturated heterocycles. The summed E-state index contributed by atoms with van der Waals surface area (Å²) in [6, 6.07) is 0. The second-order valence-corrected chi connectivity index (χ2v) is 5.14. The van der Waals surface area contributed by atoms with E-state index in [-0.39, 0.29) is 11.5 Å². The summed E-state index contributed by atoms with van der Waals surface area (Å²) in [6.45, 7) is 7.46. The van der Waals surface area contributed by atoms with Gasteiger partial charge in [0.25, 0.3) is 11.5 Å². The predicted molar refractivity (Wildman–Crippen MR) is 79.6 cm³/mol. The second kappa shape index (κ2) is 5.90. The van der Waals surface area contributed by atoms with Gasteiger partial charge in [-0.25, -0.2) is 4.98 Å². The number of anilines is 1. The summed E-state index contributed by atoms with van der Waals surface area (Å²) >= 11 is 0. The minimum absolute atomic E-state index is 0.0241. The van der Waals surface area contributed by atoms with Gasteiger partial charge in [0, 0.05) is 11.5 Å². The van der Waals surface area contributed by atoms with Crippen LogP contribution in [0.15, 0.2) is 11.0 Å². The number of carbonyl (C=O) groups is 1. The van der Waals surface area contributed by atoms with E-state index in [0.29, 0.717) is 17.3 Å². The van der Waals surface area contributed by atoms with Crippen LogP contribution in [0.1, 0.15) is 54.1 Å². The van der Waals surface area contributed by atoms with Gasteiger partial charge in [0.05, 0.1) is 11.9 Å². The van der Waals surface area contributed by atoms with Gasteiger partial charge in [-0.1, -0.05) is 20.8 Å². The molecule has 0 spiro atoms. The van der Waals surface area contributed by atoms with Crippen molar-refractivity contribution >= 4 is 11.7 Å². The third-order valence-corrected chi connectivity index (χ3v) is 3.23. The molecule has 21 heavy (non-hydrogen) atoms. The van der Waals surface area contributed by atoms with Crippen molar-refractivity contribution in [2.24, 2.45) is 0 Å². The SMILES string of the molecule is CCc1cn[nH]c1NC(=O)c1c(C)nc(C(C)C)[nH]c1=O. The van der Waals surface area contributed by atoms with Gasteiger partial charge < -0.3 is 10.3 Å². The molecule has 112 valence electrons. The molecule has 0 atom stereocenters. The molecule has 7 heteroatoms. The molecule has 0 unspecified atom stereocenters. The molecule has 0 aliphatic heterocycles. The summed E-state index contributed by atoms with van der Waals surface area (Å²) in [4.78, 5) is 31.3. The number of rotatable bonds is 4. The highest BCUT2D eigenvalue weighted by Gasteiger charge is 2.18. The number of amides is 1. The molecule has 2 aromatic rings. The van der Waals surface area contributed by atoms with Gasteiger partial charge in [0.1, 0.15) is 17.2 Å². The lowest BCUT2D eigenvalue weighted by Crippen LogP contribution is -2.27. The Kier molecular flexibility index (Phi) is 4.21. The largest absolute Gasteiger partial charge is 0.310 e. The Bertz CT molecular complexity index is 714. The number of aromatic nitrogens is 4. The Morgan fingerprint density at radius 2 is 2.14 bits per heavy atom. The number of hydrogen-bond acceptors (Lipinski definition) is 4. The van der Waals surface area contributed by atoms with E-state index in [2.05, 4.69) is 25.5 Å². The fourth-order valence-electron chi connectivity index (χ4n) is 2.01. The number of aryl methyl sites for hydroxylation is 2. The van der Waals surface area contributed by atoms with Gasteiger partial charge in [-0.05, 0) is 13.3 Å². The van der Waals surface area contributed by atoms with Gasteiger partial charge in [-0.2, -0.15) is 5.10 Å². The smallest absolute Gasteiger partial charge is 0.264 e. The first-order chi connectivity index (χ1) is 9.93. The summed E-state index contributed by atoms with van der Waals surface area (Å²) in [5.41, 5.74) is 0.888. The van der Waals surface area contributed by atoms with Gasteiger partial charge in [-0.15, -0.1) is 0 Å². The molecular formula is C14H19N5O2. The minimum Gasteiger partial charge on any atom is -0.310 e. The maximum Gasteiger partial charge on any atom is 0.264 e. The molecule has 7 nitrogen and oxygen atoms in total. The quantitative estimate of drug-likeness (QED) is 0.797. The van der Waals surface area contributed by atoms with E-state index in [1.54, 1.807) is 13.1 Å². The topological polar surface area (TPSA) is 104 Å². The van der Waals surface area contributed by atoms with Crippen molar-refractivity contribution in [2.45, 2.75) is 40.0 Å². The van der Waals surface area contributed by atoms with Gasteiger partial charge in [-0.3, -0.25) is 14.7 Å². The van der Waals surface area contributed by atoms with E-state index in [0.717, 1.165) is 12.0 Å². The highest BCUT2D eigenvalue weighted by Crippen LogP contribution is 2.13. The molecule has 2 aromatic heterocycles. The average Bonchev–Trinajstić information content (AvgIpc) is 2.84. The van der Waals surface area contributed by atoms with E-state index in [4.69, 9.17) is 0 Å². The maximum atomic E-state index is 12.3. The molecule has 0 fully saturated rings. The Hall–Kier alpha value is -2.44. The maximum absolute atomic E-state index is 12.3. The number of nitrogens with one attached hydrogen (secondary N) is 3. The molecule has 0 aliphatic rings. The molecule has 0 aliphatic carbocycles. The van der Waals surface area contributed by atoms with Crippen LogP contribution in [-0.2, 0) is 6.42 Å². The molecular weight excluding hydrogens is 270 g/mol. The fourth-order valence-corrected chi connectivity index (χ4v) is 2.01. The van der Waals surface area contributed by atoms with Crippen molar-refractivity contribution in [3.8, 4) is 0 Å². The van der Waals surface area contributed by atoms with Gasteiger partial charge in [0.2, 0.25) is 0 Å². The Morgan fingerprint density at radius 3 is 2.71 bits per heavy atom. The van der Waals surface area contributed by atoms with Crippen LogP contribution in [0.3, 0.4) is 0 Å². The van der Waals surface area contributed by atoms with Crippen LogP contribution in [0.25, 0.3) is 0 Å². The van der Waals surface area contributed by atoms with Crippen LogP contribution >= 0.6 is 0 Å². The van der Waals surface area contributed by atoms with E-state index in [1.807, 2.05) is 20.8 Å². The van der Waals surface area contributed by atoms with Crippen molar-refractivity contribution < 1.29 is 4.79 Å².